The van der Waals surface area contributed by atoms with Crippen LogP contribution < -0.4 is 4.90 Å². The molecule has 0 fully saturated rings. The van der Waals surface area contributed by atoms with Crippen LogP contribution in [-0.2, 0) is 0 Å². The molecule has 30 heavy (non-hydrogen) atoms. The van der Waals surface area contributed by atoms with E-state index in [2.05, 4.69) is 23.7 Å². The van der Waals surface area contributed by atoms with Gasteiger partial charge in [0.1, 0.15) is 16.2 Å². The lowest BCUT2D eigenvalue weighted by atomic mass is 10.2. The van der Waals surface area contributed by atoms with Gasteiger partial charge in [-0.25, -0.2) is 9.37 Å². The molecule has 0 saturated carbocycles. The van der Waals surface area contributed by atoms with Gasteiger partial charge in [-0.05, 0) is 31.3 Å². The van der Waals surface area contributed by atoms with E-state index in [0.717, 1.165) is 23.2 Å². The van der Waals surface area contributed by atoms with Gasteiger partial charge in [0.15, 0.2) is 5.13 Å². The van der Waals surface area contributed by atoms with E-state index < -0.39 is 0 Å². The molecule has 0 aliphatic heterocycles. The van der Waals surface area contributed by atoms with Crippen LogP contribution in [0, 0.1) is 5.82 Å². The van der Waals surface area contributed by atoms with Gasteiger partial charge in [-0.3, -0.25) is 9.69 Å². The minimum absolute atomic E-state index is 0.201. The van der Waals surface area contributed by atoms with Crippen LogP contribution in [0.25, 0.3) is 20.3 Å². The maximum absolute atomic E-state index is 14.2. The Bertz CT molecular complexity index is 1200. The van der Waals surface area contributed by atoms with E-state index in [-0.39, 0.29) is 11.7 Å². The molecule has 4 rings (SSSR count). The molecule has 0 saturated heterocycles. The number of anilines is 1. The summed E-state index contributed by atoms with van der Waals surface area (Å²) in [7, 11) is 0. The molecule has 4 aromatic rings. The first-order valence-electron chi connectivity index (χ1n) is 9.79. The molecular weight excluding hydrogens is 441 g/mol. The molecule has 0 unspecified atom stereocenters. The van der Waals surface area contributed by atoms with E-state index in [1.807, 2.05) is 30.3 Å². The third kappa shape index (κ3) is 3.95. The number of amides is 1. The van der Waals surface area contributed by atoms with Gasteiger partial charge < -0.3 is 4.90 Å². The van der Waals surface area contributed by atoms with Crippen molar-refractivity contribution < 1.29 is 9.18 Å². The molecule has 1 amide bonds. The maximum atomic E-state index is 14.2. The van der Waals surface area contributed by atoms with Crippen molar-refractivity contribution in [2.45, 2.75) is 13.8 Å². The monoisotopic (exact) mass is 461 g/mol. The van der Waals surface area contributed by atoms with Crippen molar-refractivity contribution in [2.24, 2.45) is 0 Å². The number of aromatic nitrogens is 1. The Morgan fingerprint density at radius 2 is 1.77 bits per heavy atom. The number of halogens is 2. The Kier molecular flexibility index (Phi) is 6.34. The molecule has 2 heterocycles. The standard InChI is InChI=1S/C22H21ClFN3OS2/c1-3-26(4-2)12-13-27(22-25-19-15(24)9-7-11-17(19)30-22)21(28)20-18(23)14-8-5-6-10-16(14)29-20/h5-11H,3-4,12-13H2,1-2H3. The minimum atomic E-state index is -0.383. The summed E-state index contributed by atoms with van der Waals surface area (Å²) in [5, 5.41) is 1.81. The summed E-state index contributed by atoms with van der Waals surface area (Å²) in [6, 6.07) is 12.6. The summed E-state index contributed by atoms with van der Waals surface area (Å²) in [6.45, 7) is 7.09. The Morgan fingerprint density at radius 3 is 2.47 bits per heavy atom. The Balaban J connectivity index is 1.76. The van der Waals surface area contributed by atoms with Crippen LogP contribution in [0.5, 0.6) is 0 Å². The number of fused-ring (bicyclic) bond motifs is 2. The zero-order valence-electron chi connectivity index (χ0n) is 16.7. The molecule has 0 radical (unpaired) electrons. The molecule has 4 nitrogen and oxygen atoms in total. The molecule has 2 aromatic heterocycles. The van der Waals surface area contributed by atoms with E-state index in [0.29, 0.717) is 38.3 Å². The predicted molar refractivity (Wildman–Crippen MR) is 126 cm³/mol. The summed E-state index contributed by atoms with van der Waals surface area (Å²) in [5.41, 5.74) is 0.292. The summed E-state index contributed by atoms with van der Waals surface area (Å²) in [6.07, 6.45) is 0. The van der Waals surface area contributed by atoms with Crippen LogP contribution in [-0.4, -0.2) is 42.0 Å². The molecule has 0 N–H and O–H groups in total. The number of para-hydroxylation sites is 1. The van der Waals surface area contributed by atoms with Crippen LogP contribution in [0.2, 0.25) is 5.02 Å². The third-order valence-electron chi connectivity index (χ3n) is 5.10. The normalized spacial score (nSPS) is 11.6. The van der Waals surface area contributed by atoms with Gasteiger partial charge in [0.05, 0.1) is 9.72 Å². The second-order valence-electron chi connectivity index (χ2n) is 6.81. The Hall–Kier alpha value is -2.06. The van der Waals surface area contributed by atoms with Crippen LogP contribution in [0.4, 0.5) is 9.52 Å². The fourth-order valence-electron chi connectivity index (χ4n) is 3.36. The number of carbonyl (C=O) groups is 1. The van der Waals surface area contributed by atoms with Gasteiger partial charge in [-0.2, -0.15) is 0 Å². The molecule has 0 bridgehead atoms. The van der Waals surface area contributed by atoms with Gasteiger partial charge in [-0.15, -0.1) is 11.3 Å². The molecule has 0 aliphatic carbocycles. The zero-order chi connectivity index (χ0) is 21.3. The largest absolute Gasteiger partial charge is 0.302 e. The molecule has 0 spiro atoms. The molecule has 0 aliphatic rings. The number of nitrogens with zero attached hydrogens (tertiary/aromatic N) is 3. The number of hydrogen-bond acceptors (Lipinski definition) is 5. The number of hydrogen-bond donors (Lipinski definition) is 0. The fraction of sp³-hybridized carbons (Fsp3) is 0.273. The summed E-state index contributed by atoms with van der Waals surface area (Å²) >= 11 is 9.28. The lowest BCUT2D eigenvalue weighted by Gasteiger charge is -2.24. The number of benzene rings is 2. The topological polar surface area (TPSA) is 36.4 Å². The summed E-state index contributed by atoms with van der Waals surface area (Å²) < 4.78 is 15.9. The molecule has 0 atom stereocenters. The average molecular weight is 462 g/mol. The first-order valence-corrected chi connectivity index (χ1v) is 11.8. The second kappa shape index (κ2) is 8.98. The minimum Gasteiger partial charge on any atom is -0.302 e. The summed E-state index contributed by atoms with van der Waals surface area (Å²) in [4.78, 5) is 22.4. The maximum Gasteiger partial charge on any atom is 0.271 e. The zero-order valence-corrected chi connectivity index (χ0v) is 19.1. The number of thiazole rings is 1. The van der Waals surface area contributed by atoms with Crippen molar-refractivity contribution in [1.29, 1.82) is 0 Å². The van der Waals surface area contributed by atoms with E-state index in [4.69, 9.17) is 11.6 Å². The van der Waals surface area contributed by atoms with Crippen molar-refractivity contribution in [2.75, 3.05) is 31.1 Å². The van der Waals surface area contributed by atoms with Crippen LogP contribution in [0.15, 0.2) is 42.5 Å². The molecular formula is C22H21ClFN3OS2. The van der Waals surface area contributed by atoms with Gasteiger partial charge in [0.2, 0.25) is 0 Å². The Morgan fingerprint density at radius 1 is 1.03 bits per heavy atom. The average Bonchev–Trinajstić information content (AvgIpc) is 3.33. The number of rotatable bonds is 7. The lowest BCUT2D eigenvalue weighted by Crippen LogP contribution is -2.38. The highest BCUT2D eigenvalue weighted by molar-refractivity contribution is 7.23. The van der Waals surface area contributed by atoms with E-state index in [9.17, 15) is 9.18 Å². The molecule has 2 aromatic carbocycles. The van der Waals surface area contributed by atoms with Crippen molar-refractivity contribution in [3.8, 4) is 0 Å². The number of carbonyl (C=O) groups excluding carboxylic acids is 1. The SMILES string of the molecule is CCN(CC)CCN(C(=O)c1sc2ccccc2c1Cl)c1nc2c(F)cccc2s1. The number of thiophene rings is 1. The van der Waals surface area contributed by atoms with Crippen LogP contribution in [0.3, 0.4) is 0 Å². The molecule has 156 valence electrons. The van der Waals surface area contributed by atoms with Crippen molar-refractivity contribution in [1.82, 2.24) is 9.88 Å². The van der Waals surface area contributed by atoms with E-state index in [1.165, 1.54) is 28.7 Å². The quantitative estimate of drug-likeness (QED) is 0.324. The van der Waals surface area contributed by atoms with Gasteiger partial charge in [0.25, 0.3) is 5.91 Å². The van der Waals surface area contributed by atoms with E-state index in [1.54, 1.807) is 11.0 Å². The van der Waals surface area contributed by atoms with Crippen LogP contribution >= 0.6 is 34.3 Å². The number of likely N-dealkylation sites (N-methyl/N-ethyl adjacent to an activating group) is 1. The first kappa shape index (κ1) is 21.2. The van der Waals surface area contributed by atoms with Gasteiger partial charge in [0, 0.05) is 23.2 Å². The highest BCUT2D eigenvalue weighted by Crippen LogP contribution is 2.38. The highest BCUT2D eigenvalue weighted by atomic mass is 35.5. The van der Waals surface area contributed by atoms with Crippen molar-refractivity contribution >= 4 is 65.6 Å². The van der Waals surface area contributed by atoms with Gasteiger partial charge >= 0.3 is 0 Å². The molecule has 8 heteroatoms. The fourth-order valence-corrected chi connectivity index (χ4v) is 5.82. The van der Waals surface area contributed by atoms with Crippen molar-refractivity contribution in [3.63, 3.8) is 0 Å². The Labute approximate surface area is 187 Å². The van der Waals surface area contributed by atoms with Gasteiger partial charge in [-0.1, -0.05) is 61.1 Å². The van der Waals surface area contributed by atoms with Crippen molar-refractivity contribution in [3.05, 3.63) is 58.2 Å². The first-order chi connectivity index (χ1) is 14.5. The van der Waals surface area contributed by atoms with Crippen LogP contribution in [0.1, 0.15) is 23.5 Å². The predicted octanol–water partition coefficient (Wildman–Crippen LogP) is 6.29. The third-order valence-corrected chi connectivity index (χ3v) is 7.80. The smallest absolute Gasteiger partial charge is 0.271 e. The van der Waals surface area contributed by atoms with E-state index >= 15 is 0 Å². The second-order valence-corrected chi connectivity index (χ2v) is 9.25. The lowest BCUT2D eigenvalue weighted by molar-refractivity contribution is 0.0988. The highest BCUT2D eigenvalue weighted by Gasteiger charge is 2.26. The summed E-state index contributed by atoms with van der Waals surface area (Å²) in [5.74, 6) is -0.584.